The predicted octanol–water partition coefficient (Wildman–Crippen LogP) is 7.35. The van der Waals surface area contributed by atoms with E-state index >= 15 is 0 Å². The first-order valence-corrected chi connectivity index (χ1v) is 19.0. The summed E-state index contributed by atoms with van der Waals surface area (Å²) in [7, 11) is 0. The van der Waals surface area contributed by atoms with Crippen LogP contribution in [0.5, 0.6) is 0 Å². The van der Waals surface area contributed by atoms with Crippen LogP contribution in [0.1, 0.15) is 81.3 Å². The molecule has 0 unspecified atom stereocenters. The number of fused-ring (bicyclic) bond motifs is 5. The van der Waals surface area contributed by atoms with Gasteiger partial charge in [0.1, 0.15) is 0 Å². The molecule has 8 rings (SSSR count). The van der Waals surface area contributed by atoms with E-state index in [-0.39, 0.29) is 35.6 Å². The normalized spacial score (nSPS) is 12.2. The fraction of sp³-hybridized carbons (Fsp3) is 0.224. The van der Waals surface area contributed by atoms with Crippen LogP contribution < -0.4 is 24.8 Å². The van der Waals surface area contributed by atoms with Gasteiger partial charge in [0.05, 0.1) is 0 Å². The van der Waals surface area contributed by atoms with E-state index in [1.54, 1.807) is 0 Å². The molecule has 52 heavy (non-hydrogen) atoms. The summed E-state index contributed by atoms with van der Waals surface area (Å²) >= 11 is 1.44. The topological polar surface area (TPSA) is 0 Å². The second kappa shape index (κ2) is 17.1. The van der Waals surface area contributed by atoms with Crippen molar-refractivity contribution in [2.24, 2.45) is 0 Å². The van der Waals surface area contributed by atoms with Gasteiger partial charge in [-0.1, -0.05) is 75.9 Å². The van der Waals surface area contributed by atoms with Gasteiger partial charge >= 0.3 is 145 Å². The van der Waals surface area contributed by atoms with E-state index in [2.05, 4.69) is 183 Å². The average Bonchev–Trinajstić information content (AvgIpc) is 3.78. The molecule has 7 aromatic carbocycles. The van der Waals surface area contributed by atoms with Crippen LogP contribution in [0.15, 0.2) is 133 Å². The van der Waals surface area contributed by atoms with Crippen LogP contribution in [0.2, 0.25) is 0 Å². The number of benzene rings is 6. The Morgan fingerprint density at radius 2 is 1.00 bits per heavy atom. The molecule has 0 fully saturated rings. The van der Waals surface area contributed by atoms with Crippen molar-refractivity contribution in [1.29, 1.82) is 0 Å². The molecule has 1 aliphatic carbocycles. The summed E-state index contributed by atoms with van der Waals surface area (Å²) in [6.45, 7) is 18.3. The van der Waals surface area contributed by atoms with Crippen molar-refractivity contribution in [3.63, 3.8) is 0 Å². The van der Waals surface area contributed by atoms with Crippen molar-refractivity contribution in [2.75, 3.05) is 0 Å². The van der Waals surface area contributed by atoms with Gasteiger partial charge in [-0.05, 0) is 24.7 Å². The fourth-order valence-corrected chi connectivity index (χ4v) is 7.91. The van der Waals surface area contributed by atoms with E-state index in [1.807, 2.05) is 12.2 Å². The summed E-state index contributed by atoms with van der Waals surface area (Å²) in [6, 6.07) is 42.5. The third kappa shape index (κ3) is 9.35. The molecule has 0 saturated heterocycles. The van der Waals surface area contributed by atoms with Gasteiger partial charge < -0.3 is 24.8 Å². The Labute approximate surface area is 338 Å². The van der Waals surface area contributed by atoms with Gasteiger partial charge in [0, 0.05) is 0 Å². The van der Waals surface area contributed by atoms with E-state index in [9.17, 15) is 0 Å². The summed E-state index contributed by atoms with van der Waals surface area (Å²) in [5.74, 6) is 0. The second-order valence-electron chi connectivity index (χ2n) is 15.7. The Kier molecular flexibility index (Phi) is 13.6. The van der Waals surface area contributed by atoms with Crippen LogP contribution in [-0.2, 0) is 35.1 Å². The van der Waals surface area contributed by atoms with Crippen molar-refractivity contribution in [2.45, 2.75) is 72.6 Å². The summed E-state index contributed by atoms with van der Waals surface area (Å²) < 4.78 is 1.41. The van der Waals surface area contributed by atoms with Gasteiger partial charge in [-0.25, -0.2) is 12.2 Å². The molecule has 7 aromatic rings. The first kappa shape index (κ1) is 41.3. The van der Waals surface area contributed by atoms with Crippen LogP contribution >= 0.6 is 0 Å². The molecular weight excluding hydrogens is 751 g/mol. The molecule has 0 nitrogen and oxygen atoms in total. The van der Waals surface area contributed by atoms with Crippen molar-refractivity contribution in [3.8, 4) is 0 Å². The van der Waals surface area contributed by atoms with E-state index < -0.39 is 0 Å². The fourth-order valence-electron chi connectivity index (χ4n) is 7.15. The molecule has 0 spiro atoms. The number of rotatable bonds is 2. The second-order valence-corrected chi connectivity index (χ2v) is 16.9. The predicted molar refractivity (Wildman–Crippen MR) is 217 cm³/mol. The van der Waals surface area contributed by atoms with Gasteiger partial charge in [0.25, 0.3) is 0 Å². The number of allylic oxidation sites excluding steroid dienone is 4. The average molecular weight is 799 g/mol. The van der Waals surface area contributed by atoms with Crippen molar-refractivity contribution in [3.05, 3.63) is 173 Å². The Hall–Kier alpha value is -3.48. The number of hydrogen-bond donors (Lipinski definition) is 0. The SMILES string of the molecule is Cc1cc2[cH-]c3cc(C)c(C(C)(C)C)cc3c2cc1C(C)(C)C.[C-]1=CC=CC1.[Cl-].[Cl-].[Zr+2]=[C](c1ccc2ccccc2c1)c1ccc2ccccc2c1. The molecule has 0 radical (unpaired) electrons. The Bertz CT molecular complexity index is 2240. The molecule has 3 heteroatoms. The van der Waals surface area contributed by atoms with Crippen molar-refractivity contribution >= 4 is 46.3 Å². The first-order chi connectivity index (χ1) is 23.8. The van der Waals surface area contributed by atoms with Gasteiger partial charge in [0.2, 0.25) is 0 Å². The van der Waals surface area contributed by atoms with E-state index in [0.717, 1.165) is 6.42 Å². The number of aryl methyl sites for hydroxylation is 2. The number of hydrogen-bond acceptors (Lipinski definition) is 0. The number of halogens is 2. The van der Waals surface area contributed by atoms with Crippen LogP contribution in [0, 0.1) is 19.9 Å². The molecule has 0 N–H and O–H groups in total. The van der Waals surface area contributed by atoms with Crippen molar-refractivity contribution < 1.29 is 49.0 Å². The molecular formula is C49H48Cl2Zr-2. The molecule has 0 heterocycles. The maximum absolute atomic E-state index is 2.99. The van der Waals surface area contributed by atoms with Crippen LogP contribution in [0.25, 0.3) is 43.1 Å². The zero-order valence-corrected chi connectivity index (χ0v) is 35.6. The van der Waals surface area contributed by atoms with Crippen LogP contribution in [0.4, 0.5) is 0 Å². The molecule has 0 atom stereocenters. The Morgan fingerprint density at radius 3 is 1.35 bits per heavy atom. The molecule has 1 aliphatic rings. The van der Waals surface area contributed by atoms with E-state index in [4.69, 9.17) is 0 Å². The van der Waals surface area contributed by atoms with Crippen LogP contribution in [0.3, 0.4) is 0 Å². The van der Waals surface area contributed by atoms with Gasteiger partial charge in [-0.3, -0.25) is 6.08 Å². The third-order valence-electron chi connectivity index (χ3n) is 9.67. The molecule has 264 valence electrons. The van der Waals surface area contributed by atoms with Crippen molar-refractivity contribution in [1.82, 2.24) is 0 Å². The van der Waals surface area contributed by atoms with Gasteiger partial charge in [-0.2, -0.15) is 6.08 Å². The van der Waals surface area contributed by atoms with E-state index in [0.29, 0.717) is 0 Å². The molecule has 0 aliphatic heterocycles. The third-order valence-corrected chi connectivity index (χ3v) is 11.1. The minimum atomic E-state index is 0. The monoisotopic (exact) mass is 796 g/mol. The van der Waals surface area contributed by atoms with Gasteiger partial charge in [-0.15, -0.1) is 46.2 Å². The zero-order valence-electron chi connectivity index (χ0n) is 31.7. The Balaban J connectivity index is 0.000000198. The zero-order chi connectivity index (χ0) is 35.6. The first-order valence-electron chi connectivity index (χ1n) is 17.7. The maximum atomic E-state index is 2.99. The molecule has 0 saturated carbocycles. The van der Waals surface area contributed by atoms with E-state index in [1.165, 1.54) is 104 Å². The summed E-state index contributed by atoms with van der Waals surface area (Å²) in [6.07, 6.45) is 10.0. The Morgan fingerprint density at radius 1 is 0.577 bits per heavy atom. The summed E-state index contributed by atoms with van der Waals surface area (Å²) in [5.41, 5.74) is 8.71. The van der Waals surface area contributed by atoms with Crippen LogP contribution in [-0.4, -0.2) is 3.21 Å². The summed E-state index contributed by atoms with van der Waals surface area (Å²) in [5, 5.41) is 10.8. The summed E-state index contributed by atoms with van der Waals surface area (Å²) in [4.78, 5) is 0. The molecule has 0 bridgehead atoms. The molecule has 0 aromatic heterocycles. The quantitative estimate of drug-likeness (QED) is 0.161. The molecule has 0 amide bonds. The minimum absolute atomic E-state index is 0. The standard InChI is InChI=1S/C23H29.C21H14.C5H5.2ClH.Zr/c1-14-9-16-11-17-10-15(2)21(23(6,7)8)13-19(17)18(16)12-20(14)22(3,4)5;1-3-7-20-14-16(9-11-18(20)5-1)13-17-10-12-19-6-2-4-8-21(19)15-17;1-2-4-5-3-1;;;/h9-13H,1-8H3;1-12,14-15H;1-3H,4H2;2*1H;/q-1;;-1;;;+2/p-2. The van der Waals surface area contributed by atoms with Gasteiger partial charge in [0.15, 0.2) is 0 Å².